The Bertz CT molecular complexity index is 662. The topological polar surface area (TPSA) is 79.5 Å². The van der Waals surface area contributed by atoms with Crippen molar-refractivity contribution in [1.29, 1.82) is 0 Å². The molecule has 122 valence electrons. The molecule has 7 heteroatoms. The van der Waals surface area contributed by atoms with Crippen LogP contribution in [0.15, 0.2) is 35.2 Å². The minimum atomic E-state index is -1.04. The summed E-state index contributed by atoms with van der Waals surface area (Å²) in [5.74, 6) is -0.147. The highest BCUT2D eigenvalue weighted by Crippen LogP contribution is 2.30. The van der Waals surface area contributed by atoms with Crippen LogP contribution in [-0.2, 0) is 4.79 Å². The van der Waals surface area contributed by atoms with Crippen molar-refractivity contribution in [3.8, 4) is 0 Å². The van der Waals surface area contributed by atoms with Crippen molar-refractivity contribution in [3.63, 3.8) is 0 Å². The van der Waals surface area contributed by atoms with Crippen LogP contribution >= 0.6 is 0 Å². The van der Waals surface area contributed by atoms with Crippen molar-refractivity contribution in [2.24, 2.45) is 0 Å². The van der Waals surface area contributed by atoms with Crippen LogP contribution < -0.4 is 0 Å². The second kappa shape index (κ2) is 6.87. The Morgan fingerprint density at radius 3 is 3.09 bits per heavy atom. The van der Waals surface area contributed by atoms with E-state index in [1.165, 1.54) is 24.6 Å². The summed E-state index contributed by atoms with van der Waals surface area (Å²) in [5, 5.41) is 14.0. The summed E-state index contributed by atoms with van der Waals surface area (Å²) in [4.78, 5) is 18.3. The van der Waals surface area contributed by atoms with E-state index in [0.717, 1.165) is 19.3 Å². The van der Waals surface area contributed by atoms with Gasteiger partial charge >= 0.3 is 0 Å². The molecular weight excluding hydrogens is 301 g/mol. The van der Waals surface area contributed by atoms with E-state index in [1.54, 1.807) is 11.0 Å². The minimum Gasteiger partial charge on any atom is -0.388 e. The maximum Gasteiger partial charge on any atom is 0.226 e. The SMILES string of the molecule is O=C(CC(O)c1cccc(F)c1)N1CCCCC1c1ncon1. The molecule has 6 nitrogen and oxygen atoms in total. The maximum absolute atomic E-state index is 13.2. The fourth-order valence-corrected chi connectivity index (χ4v) is 2.94. The first kappa shape index (κ1) is 15.6. The third-order valence-electron chi connectivity index (χ3n) is 4.10. The number of carbonyl (C=O) groups excluding carboxylic acids is 1. The number of benzene rings is 1. The number of piperidine rings is 1. The van der Waals surface area contributed by atoms with Gasteiger partial charge in [-0.3, -0.25) is 4.79 Å². The van der Waals surface area contributed by atoms with Gasteiger partial charge in [0.15, 0.2) is 5.82 Å². The monoisotopic (exact) mass is 319 g/mol. The molecule has 0 aliphatic carbocycles. The van der Waals surface area contributed by atoms with Crippen LogP contribution in [0, 0.1) is 5.82 Å². The molecule has 0 saturated carbocycles. The van der Waals surface area contributed by atoms with E-state index in [1.807, 2.05) is 0 Å². The zero-order valence-corrected chi connectivity index (χ0v) is 12.6. The molecule has 1 aromatic heterocycles. The number of amides is 1. The van der Waals surface area contributed by atoms with Crippen LogP contribution in [0.1, 0.15) is 49.2 Å². The summed E-state index contributed by atoms with van der Waals surface area (Å²) in [6.45, 7) is 0.591. The fourth-order valence-electron chi connectivity index (χ4n) is 2.94. The van der Waals surface area contributed by atoms with Crippen LogP contribution in [0.4, 0.5) is 4.39 Å². The molecule has 1 N–H and O–H groups in total. The summed E-state index contributed by atoms with van der Waals surface area (Å²) in [7, 11) is 0. The number of aliphatic hydroxyl groups excluding tert-OH is 1. The van der Waals surface area contributed by atoms with Gasteiger partial charge in [0.1, 0.15) is 5.82 Å². The Morgan fingerprint density at radius 1 is 1.48 bits per heavy atom. The van der Waals surface area contributed by atoms with Crippen molar-refractivity contribution in [2.45, 2.75) is 37.8 Å². The van der Waals surface area contributed by atoms with Crippen molar-refractivity contribution >= 4 is 5.91 Å². The fraction of sp³-hybridized carbons (Fsp3) is 0.438. The zero-order chi connectivity index (χ0) is 16.2. The number of hydrogen-bond donors (Lipinski definition) is 1. The summed E-state index contributed by atoms with van der Waals surface area (Å²) < 4.78 is 18.0. The van der Waals surface area contributed by atoms with Gasteiger partial charge in [0.2, 0.25) is 12.3 Å². The Labute approximate surface area is 132 Å². The zero-order valence-electron chi connectivity index (χ0n) is 12.6. The highest BCUT2D eigenvalue weighted by Gasteiger charge is 2.31. The normalized spacial score (nSPS) is 19.6. The van der Waals surface area contributed by atoms with E-state index in [2.05, 4.69) is 10.1 Å². The van der Waals surface area contributed by atoms with Crippen molar-refractivity contribution in [2.75, 3.05) is 6.54 Å². The summed E-state index contributed by atoms with van der Waals surface area (Å²) in [6.07, 6.45) is 2.75. The Morgan fingerprint density at radius 2 is 2.35 bits per heavy atom. The quantitative estimate of drug-likeness (QED) is 0.936. The first-order valence-electron chi connectivity index (χ1n) is 7.64. The molecule has 0 radical (unpaired) electrons. The molecule has 1 amide bonds. The number of carbonyl (C=O) groups is 1. The van der Waals surface area contributed by atoms with Crippen molar-refractivity contribution in [3.05, 3.63) is 47.9 Å². The van der Waals surface area contributed by atoms with E-state index in [-0.39, 0.29) is 18.4 Å². The smallest absolute Gasteiger partial charge is 0.226 e. The van der Waals surface area contributed by atoms with Gasteiger partial charge < -0.3 is 14.5 Å². The van der Waals surface area contributed by atoms with E-state index < -0.39 is 11.9 Å². The average Bonchev–Trinajstić information content (AvgIpc) is 3.09. The Balaban J connectivity index is 1.71. The van der Waals surface area contributed by atoms with Crippen LogP contribution in [0.2, 0.25) is 0 Å². The lowest BCUT2D eigenvalue weighted by atomic mass is 9.99. The van der Waals surface area contributed by atoms with Gasteiger partial charge in [-0.2, -0.15) is 4.98 Å². The Hall–Kier alpha value is -2.28. The van der Waals surface area contributed by atoms with E-state index in [9.17, 15) is 14.3 Å². The van der Waals surface area contributed by atoms with Crippen molar-refractivity contribution < 1.29 is 18.8 Å². The second-order valence-corrected chi connectivity index (χ2v) is 5.66. The lowest BCUT2D eigenvalue weighted by molar-refractivity contribution is -0.137. The highest BCUT2D eigenvalue weighted by atomic mass is 19.1. The number of halogens is 1. The lowest BCUT2D eigenvalue weighted by Crippen LogP contribution is -2.39. The lowest BCUT2D eigenvalue weighted by Gasteiger charge is -2.34. The predicted molar refractivity (Wildman–Crippen MR) is 78.6 cm³/mol. The Kier molecular flexibility index (Phi) is 4.66. The first-order chi connectivity index (χ1) is 11.1. The van der Waals surface area contributed by atoms with E-state index in [0.29, 0.717) is 17.9 Å². The standard InChI is InChI=1S/C16H18FN3O3/c17-12-5-3-4-11(8-12)14(21)9-15(22)20-7-2-1-6-13(20)16-18-10-23-19-16/h3-5,8,10,13-14,21H,1-2,6-7,9H2. The van der Waals surface area contributed by atoms with E-state index in [4.69, 9.17) is 4.52 Å². The third-order valence-corrected chi connectivity index (χ3v) is 4.10. The van der Waals surface area contributed by atoms with Gasteiger partial charge in [-0.15, -0.1) is 0 Å². The molecule has 2 aromatic rings. The molecule has 3 rings (SSSR count). The summed E-state index contributed by atoms with van der Waals surface area (Å²) in [6, 6.07) is 5.43. The summed E-state index contributed by atoms with van der Waals surface area (Å²) in [5.41, 5.74) is 0.395. The van der Waals surface area contributed by atoms with Crippen LogP contribution in [0.25, 0.3) is 0 Å². The van der Waals surface area contributed by atoms with Gasteiger partial charge in [0.25, 0.3) is 0 Å². The number of nitrogens with zero attached hydrogens (tertiary/aromatic N) is 3. The maximum atomic E-state index is 13.2. The number of aromatic nitrogens is 2. The van der Waals surface area contributed by atoms with Gasteiger partial charge in [-0.25, -0.2) is 4.39 Å². The van der Waals surface area contributed by atoms with Crippen LogP contribution in [0.5, 0.6) is 0 Å². The molecule has 1 aromatic carbocycles. The largest absolute Gasteiger partial charge is 0.388 e. The molecule has 2 unspecified atom stereocenters. The van der Waals surface area contributed by atoms with Gasteiger partial charge in [-0.05, 0) is 37.0 Å². The molecule has 2 heterocycles. The van der Waals surface area contributed by atoms with Crippen LogP contribution in [-0.4, -0.2) is 32.6 Å². The third kappa shape index (κ3) is 3.56. The van der Waals surface area contributed by atoms with Gasteiger partial charge in [0, 0.05) is 6.54 Å². The van der Waals surface area contributed by atoms with Gasteiger partial charge in [-0.1, -0.05) is 17.3 Å². The molecular formula is C16H18FN3O3. The predicted octanol–water partition coefficient (Wildman–Crippen LogP) is 2.39. The number of rotatable bonds is 4. The van der Waals surface area contributed by atoms with E-state index >= 15 is 0 Å². The molecule has 0 bridgehead atoms. The average molecular weight is 319 g/mol. The molecule has 2 atom stereocenters. The number of likely N-dealkylation sites (tertiary alicyclic amines) is 1. The number of aliphatic hydroxyl groups is 1. The first-order valence-corrected chi connectivity index (χ1v) is 7.64. The molecule has 1 fully saturated rings. The molecule has 0 spiro atoms. The highest BCUT2D eigenvalue weighted by molar-refractivity contribution is 5.77. The minimum absolute atomic E-state index is 0.0994. The number of hydrogen-bond acceptors (Lipinski definition) is 5. The molecule has 23 heavy (non-hydrogen) atoms. The molecule has 1 aliphatic rings. The second-order valence-electron chi connectivity index (χ2n) is 5.66. The molecule has 1 saturated heterocycles. The molecule has 1 aliphatic heterocycles. The van der Waals surface area contributed by atoms with Gasteiger partial charge in [0.05, 0.1) is 18.6 Å². The van der Waals surface area contributed by atoms with Crippen LogP contribution in [0.3, 0.4) is 0 Å². The van der Waals surface area contributed by atoms with Crippen molar-refractivity contribution in [1.82, 2.24) is 15.0 Å². The summed E-state index contributed by atoms with van der Waals surface area (Å²) >= 11 is 0.